The fourth-order valence-electron chi connectivity index (χ4n) is 3.17. The van der Waals surface area contributed by atoms with Gasteiger partial charge in [-0.15, -0.1) is 0 Å². The van der Waals surface area contributed by atoms with Crippen LogP contribution in [-0.2, 0) is 11.2 Å². The van der Waals surface area contributed by atoms with Gasteiger partial charge in [0, 0.05) is 30.1 Å². The summed E-state index contributed by atoms with van der Waals surface area (Å²) in [6.45, 7) is 0.698. The quantitative estimate of drug-likeness (QED) is 0.790. The van der Waals surface area contributed by atoms with Crippen molar-refractivity contribution in [3.05, 3.63) is 36.0 Å². The molecule has 0 bridgehead atoms. The Morgan fingerprint density at radius 3 is 3.00 bits per heavy atom. The molecule has 0 aliphatic heterocycles. The number of aromatic amines is 1. The summed E-state index contributed by atoms with van der Waals surface area (Å²) in [4.78, 5) is 15.2. The smallest absolute Gasteiger partial charge is 0.220 e. The molecule has 0 saturated heterocycles. The number of H-pyrrole nitrogens is 1. The zero-order valence-electron chi connectivity index (χ0n) is 12.1. The molecule has 4 heteroatoms. The molecule has 1 aliphatic carbocycles. The summed E-state index contributed by atoms with van der Waals surface area (Å²) >= 11 is 0. The molecule has 1 fully saturated rings. The monoisotopic (exact) mass is 286 g/mol. The van der Waals surface area contributed by atoms with Gasteiger partial charge in [-0.1, -0.05) is 18.2 Å². The van der Waals surface area contributed by atoms with Crippen LogP contribution in [0, 0.1) is 5.92 Å². The molecule has 1 amide bonds. The first-order chi connectivity index (χ1) is 10.2. The molecule has 0 radical (unpaired) electrons. The van der Waals surface area contributed by atoms with E-state index in [-0.39, 0.29) is 12.0 Å². The van der Waals surface area contributed by atoms with Gasteiger partial charge in [0.25, 0.3) is 0 Å². The summed E-state index contributed by atoms with van der Waals surface area (Å²) in [6, 6.07) is 8.15. The summed E-state index contributed by atoms with van der Waals surface area (Å²) in [7, 11) is 0. The summed E-state index contributed by atoms with van der Waals surface area (Å²) in [5.41, 5.74) is 2.31. The zero-order valence-corrected chi connectivity index (χ0v) is 12.1. The molecule has 21 heavy (non-hydrogen) atoms. The molecule has 2 unspecified atom stereocenters. The topological polar surface area (TPSA) is 65.1 Å². The first-order valence-corrected chi connectivity index (χ1v) is 7.72. The highest BCUT2D eigenvalue weighted by atomic mass is 16.3. The van der Waals surface area contributed by atoms with Crippen LogP contribution in [0.5, 0.6) is 0 Å². The van der Waals surface area contributed by atoms with Crippen molar-refractivity contribution >= 4 is 16.8 Å². The second kappa shape index (κ2) is 6.31. The maximum absolute atomic E-state index is 11.9. The second-order valence-corrected chi connectivity index (χ2v) is 6.00. The predicted octanol–water partition coefficient (Wildman–Crippen LogP) is 2.38. The Labute approximate surface area is 124 Å². The van der Waals surface area contributed by atoms with E-state index in [4.69, 9.17) is 0 Å². The van der Waals surface area contributed by atoms with Crippen LogP contribution in [0.1, 0.15) is 31.2 Å². The Hall–Kier alpha value is -1.81. The van der Waals surface area contributed by atoms with Crippen LogP contribution in [0.4, 0.5) is 0 Å². The average molecular weight is 286 g/mol. The third kappa shape index (κ3) is 3.45. The molecular weight excluding hydrogens is 264 g/mol. The van der Waals surface area contributed by atoms with Crippen LogP contribution in [0.3, 0.4) is 0 Å². The number of para-hydroxylation sites is 1. The number of rotatable bonds is 5. The fraction of sp³-hybridized carbons (Fsp3) is 0.471. The molecule has 1 aromatic carbocycles. The van der Waals surface area contributed by atoms with Crippen molar-refractivity contribution in [1.82, 2.24) is 10.3 Å². The van der Waals surface area contributed by atoms with Crippen LogP contribution in [0.25, 0.3) is 10.9 Å². The van der Waals surface area contributed by atoms with Crippen molar-refractivity contribution in [2.45, 2.75) is 38.2 Å². The first-order valence-electron chi connectivity index (χ1n) is 7.72. The lowest BCUT2D eigenvalue weighted by molar-refractivity contribution is -0.121. The van der Waals surface area contributed by atoms with Gasteiger partial charge in [0.1, 0.15) is 0 Å². The number of aliphatic hydroxyl groups is 1. The average Bonchev–Trinajstić information content (AvgIpc) is 3.09. The maximum atomic E-state index is 11.9. The van der Waals surface area contributed by atoms with E-state index < -0.39 is 0 Å². The van der Waals surface area contributed by atoms with E-state index in [1.807, 2.05) is 24.4 Å². The highest BCUT2D eigenvalue weighted by molar-refractivity contribution is 5.84. The molecule has 112 valence electrons. The minimum Gasteiger partial charge on any atom is -0.393 e. The molecule has 3 N–H and O–H groups in total. The van der Waals surface area contributed by atoms with Crippen LogP contribution < -0.4 is 5.32 Å². The molecule has 2 aromatic rings. The summed E-state index contributed by atoms with van der Waals surface area (Å²) in [6.07, 6.45) is 5.80. The number of nitrogens with one attached hydrogen (secondary N) is 2. The van der Waals surface area contributed by atoms with Crippen molar-refractivity contribution in [2.24, 2.45) is 5.92 Å². The molecule has 1 aliphatic rings. The van der Waals surface area contributed by atoms with Gasteiger partial charge in [0.05, 0.1) is 6.10 Å². The molecule has 3 rings (SSSR count). The number of benzene rings is 1. The SMILES string of the molecule is O=C(CCc1c[nH]c2ccccc12)NCC1CCC(O)C1. The third-order valence-corrected chi connectivity index (χ3v) is 4.40. The van der Waals surface area contributed by atoms with Crippen molar-refractivity contribution in [2.75, 3.05) is 6.54 Å². The van der Waals surface area contributed by atoms with Crippen molar-refractivity contribution in [3.63, 3.8) is 0 Å². The number of hydrogen-bond donors (Lipinski definition) is 3. The van der Waals surface area contributed by atoms with Gasteiger partial charge in [-0.05, 0) is 43.2 Å². The van der Waals surface area contributed by atoms with Crippen LogP contribution in [0.2, 0.25) is 0 Å². The standard InChI is InChI=1S/C17H22N2O2/c20-14-7-5-12(9-14)10-19-17(21)8-6-13-11-18-16-4-2-1-3-15(13)16/h1-4,11-12,14,18,20H,5-10H2,(H,19,21). The van der Waals surface area contributed by atoms with Crippen LogP contribution in [-0.4, -0.2) is 28.6 Å². The summed E-state index contributed by atoms with van der Waals surface area (Å²) in [5.74, 6) is 0.540. The molecule has 1 aromatic heterocycles. The van der Waals surface area contributed by atoms with Gasteiger partial charge in [0.2, 0.25) is 5.91 Å². The van der Waals surface area contributed by atoms with Gasteiger partial charge in [0.15, 0.2) is 0 Å². The van der Waals surface area contributed by atoms with Gasteiger partial charge >= 0.3 is 0 Å². The molecule has 4 nitrogen and oxygen atoms in total. The number of aromatic nitrogens is 1. The molecular formula is C17H22N2O2. The number of carbonyl (C=O) groups excluding carboxylic acids is 1. The number of aliphatic hydroxyl groups excluding tert-OH is 1. The van der Waals surface area contributed by atoms with Crippen molar-refractivity contribution < 1.29 is 9.90 Å². The lowest BCUT2D eigenvalue weighted by atomic mass is 10.1. The van der Waals surface area contributed by atoms with Crippen LogP contribution in [0.15, 0.2) is 30.5 Å². The predicted molar refractivity (Wildman–Crippen MR) is 83.0 cm³/mol. The Balaban J connectivity index is 1.47. The highest BCUT2D eigenvalue weighted by Gasteiger charge is 2.22. The summed E-state index contributed by atoms with van der Waals surface area (Å²) < 4.78 is 0. The van der Waals surface area contributed by atoms with E-state index in [1.165, 1.54) is 10.9 Å². The zero-order chi connectivity index (χ0) is 14.7. The number of aryl methyl sites for hydroxylation is 1. The van der Waals surface area contributed by atoms with E-state index in [0.717, 1.165) is 31.2 Å². The second-order valence-electron chi connectivity index (χ2n) is 6.00. The largest absolute Gasteiger partial charge is 0.393 e. The normalized spacial score (nSPS) is 21.8. The third-order valence-electron chi connectivity index (χ3n) is 4.40. The Bertz CT molecular complexity index is 620. The Morgan fingerprint density at radius 2 is 2.19 bits per heavy atom. The highest BCUT2D eigenvalue weighted by Crippen LogP contribution is 2.24. The Morgan fingerprint density at radius 1 is 1.33 bits per heavy atom. The minimum atomic E-state index is -0.168. The summed E-state index contributed by atoms with van der Waals surface area (Å²) in [5, 5.41) is 13.7. The lowest BCUT2D eigenvalue weighted by Gasteiger charge is -2.10. The van der Waals surface area contributed by atoms with Crippen LogP contribution >= 0.6 is 0 Å². The van der Waals surface area contributed by atoms with E-state index in [1.54, 1.807) is 0 Å². The van der Waals surface area contributed by atoms with Gasteiger partial charge in [-0.25, -0.2) is 0 Å². The van der Waals surface area contributed by atoms with Crippen molar-refractivity contribution in [3.8, 4) is 0 Å². The van der Waals surface area contributed by atoms with Gasteiger partial charge in [-0.2, -0.15) is 0 Å². The first kappa shape index (κ1) is 14.1. The number of carbonyl (C=O) groups is 1. The number of amides is 1. The lowest BCUT2D eigenvalue weighted by Crippen LogP contribution is -2.28. The van der Waals surface area contributed by atoms with E-state index in [2.05, 4.69) is 16.4 Å². The minimum absolute atomic E-state index is 0.0988. The molecule has 1 saturated carbocycles. The fourth-order valence-corrected chi connectivity index (χ4v) is 3.17. The van der Waals surface area contributed by atoms with Gasteiger partial charge < -0.3 is 15.4 Å². The van der Waals surface area contributed by atoms with E-state index in [0.29, 0.717) is 18.9 Å². The Kier molecular flexibility index (Phi) is 4.25. The van der Waals surface area contributed by atoms with E-state index in [9.17, 15) is 9.90 Å². The molecule has 1 heterocycles. The maximum Gasteiger partial charge on any atom is 0.220 e. The van der Waals surface area contributed by atoms with Gasteiger partial charge in [-0.3, -0.25) is 4.79 Å². The van der Waals surface area contributed by atoms with E-state index >= 15 is 0 Å². The number of fused-ring (bicyclic) bond motifs is 1. The number of hydrogen-bond acceptors (Lipinski definition) is 2. The molecule has 0 spiro atoms. The molecule has 2 atom stereocenters. The van der Waals surface area contributed by atoms with Crippen molar-refractivity contribution in [1.29, 1.82) is 0 Å².